The normalized spacial score (nSPS) is 25.5. The van der Waals surface area contributed by atoms with E-state index in [0.717, 1.165) is 0 Å². The van der Waals surface area contributed by atoms with Gasteiger partial charge >= 0.3 is 15.2 Å². The smallest absolute Gasteiger partial charge is 0.320 e. The molecule has 1 saturated heterocycles. The van der Waals surface area contributed by atoms with E-state index in [2.05, 4.69) is 0 Å². The number of likely N-dealkylation sites (tertiary alicyclic amines) is 1. The van der Waals surface area contributed by atoms with E-state index in [1.807, 2.05) is 0 Å². The number of hydrogen-bond donors (Lipinski definition) is 4. The van der Waals surface area contributed by atoms with Crippen LogP contribution < -0.4 is 0 Å². The first-order chi connectivity index (χ1) is 6.46. The Hall–Kier alpha value is 0.260. The van der Waals surface area contributed by atoms with Gasteiger partial charge in [-0.3, -0.25) is 9.13 Å². The van der Waals surface area contributed by atoms with Gasteiger partial charge in [-0.25, -0.2) is 0 Å². The van der Waals surface area contributed by atoms with Gasteiger partial charge in [0, 0.05) is 12.8 Å². The first-order valence-electron chi connectivity index (χ1n) is 4.40. The summed E-state index contributed by atoms with van der Waals surface area (Å²) in [5, 5.41) is -2.26. The standard InChI is InChI=1S/C6H15NO6P2/c1-7(2)5-3-4-6(7,14(8,9)10)15(11,12)13/h3-5H2,1-2H3,(H3-,8,9,10,11,12,13)/p+1. The zero-order chi connectivity index (χ0) is 12.1. The monoisotopic (exact) mass is 260 g/mol. The zero-order valence-electron chi connectivity index (χ0n) is 8.57. The summed E-state index contributed by atoms with van der Waals surface area (Å²) in [5.74, 6) is 0. The van der Waals surface area contributed by atoms with Crippen molar-refractivity contribution in [2.24, 2.45) is 0 Å². The Bertz CT molecular complexity index is 333. The van der Waals surface area contributed by atoms with Crippen molar-refractivity contribution >= 4 is 15.2 Å². The van der Waals surface area contributed by atoms with Crippen molar-refractivity contribution < 1.29 is 33.2 Å². The molecule has 0 aromatic rings. The molecule has 1 aliphatic rings. The molecule has 0 saturated carbocycles. The minimum atomic E-state index is -4.88. The highest BCUT2D eigenvalue weighted by atomic mass is 31.2. The predicted molar refractivity (Wildman–Crippen MR) is 53.0 cm³/mol. The van der Waals surface area contributed by atoms with E-state index >= 15 is 0 Å². The molecule has 0 unspecified atom stereocenters. The number of nitrogens with zero attached hydrogens (tertiary/aromatic N) is 1. The lowest BCUT2D eigenvalue weighted by Crippen LogP contribution is -2.54. The van der Waals surface area contributed by atoms with Gasteiger partial charge in [0.15, 0.2) is 0 Å². The van der Waals surface area contributed by atoms with Gasteiger partial charge in [0.2, 0.25) is 0 Å². The van der Waals surface area contributed by atoms with Crippen molar-refractivity contribution in [3.05, 3.63) is 0 Å². The molecule has 7 nitrogen and oxygen atoms in total. The lowest BCUT2D eigenvalue weighted by molar-refractivity contribution is -0.901. The van der Waals surface area contributed by atoms with Gasteiger partial charge in [-0.1, -0.05) is 0 Å². The molecule has 4 N–H and O–H groups in total. The van der Waals surface area contributed by atoms with Crippen LogP contribution in [0.2, 0.25) is 0 Å². The molecule has 0 bridgehead atoms. The van der Waals surface area contributed by atoms with Gasteiger partial charge in [0.25, 0.3) is 5.02 Å². The van der Waals surface area contributed by atoms with Crippen LogP contribution >= 0.6 is 15.2 Å². The van der Waals surface area contributed by atoms with Crippen molar-refractivity contribution in [2.75, 3.05) is 20.6 Å². The summed E-state index contributed by atoms with van der Waals surface area (Å²) >= 11 is 0. The summed E-state index contributed by atoms with van der Waals surface area (Å²) in [5.41, 5.74) is 0. The fourth-order valence-electron chi connectivity index (χ4n) is 2.36. The molecule has 15 heavy (non-hydrogen) atoms. The molecule has 0 aliphatic carbocycles. The van der Waals surface area contributed by atoms with E-state index in [1.54, 1.807) is 0 Å². The molecule has 90 valence electrons. The lowest BCUT2D eigenvalue weighted by atomic mass is 10.4. The Morgan fingerprint density at radius 1 is 1.07 bits per heavy atom. The Labute approximate surface area is 87.6 Å². The highest BCUT2D eigenvalue weighted by Crippen LogP contribution is 2.75. The van der Waals surface area contributed by atoms with Crippen molar-refractivity contribution in [1.29, 1.82) is 0 Å². The topological polar surface area (TPSA) is 115 Å². The summed E-state index contributed by atoms with van der Waals surface area (Å²) in [4.78, 5) is 37.0. The summed E-state index contributed by atoms with van der Waals surface area (Å²) in [6, 6.07) is 0. The van der Waals surface area contributed by atoms with Crippen LogP contribution in [-0.4, -0.2) is 49.7 Å². The molecule has 0 aromatic carbocycles. The van der Waals surface area contributed by atoms with Crippen molar-refractivity contribution in [3.8, 4) is 0 Å². The Morgan fingerprint density at radius 2 is 1.47 bits per heavy atom. The molecule has 1 heterocycles. The van der Waals surface area contributed by atoms with Gasteiger partial charge in [-0.05, 0) is 0 Å². The second-order valence-electron chi connectivity index (χ2n) is 4.37. The van der Waals surface area contributed by atoms with Gasteiger partial charge in [0.1, 0.15) is 0 Å². The van der Waals surface area contributed by atoms with Crippen LogP contribution in [0.15, 0.2) is 0 Å². The minimum Gasteiger partial charge on any atom is -0.320 e. The zero-order valence-corrected chi connectivity index (χ0v) is 10.4. The maximum Gasteiger partial charge on any atom is 0.398 e. The number of rotatable bonds is 2. The number of quaternary nitrogens is 1. The molecule has 0 aromatic heterocycles. The highest BCUT2D eigenvalue weighted by Gasteiger charge is 2.72. The van der Waals surface area contributed by atoms with Crippen molar-refractivity contribution in [1.82, 2.24) is 0 Å². The third kappa shape index (κ3) is 1.72. The molecule has 0 radical (unpaired) electrons. The van der Waals surface area contributed by atoms with Crippen LogP contribution in [0.3, 0.4) is 0 Å². The van der Waals surface area contributed by atoms with Gasteiger partial charge in [0.05, 0.1) is 20.6 Å². The molecule has 1 aliphatic heterocycles. The second-order valence-corrected chi connectivity index (χ2v) is 8.38. The third-order valence-corrected chi connectivity index (χ3v) is 8.09. The highest BCUT2D eigenvalue weighted by molar-refractivity contribution is 7.72. The molecule has 0 spiro atoms. The fraction of sp³-hybridized carbons (Fsp3) is 1.00. The van der Waals surface area contributed by atoms with Crippen LogP contribution in [0.25, 0.3) is 0 Å². The molecule has 1 fully saturated rings. The third-order valence-electron chi connectivity index (χ3n) is 3.13. The van der Waals surface area contributed by atoms with Gasteiger partial charge in [-0.15, -0.1) is 0 Å². The molecular formula is C6H16NO6P2+. The summed E-state index contributed by atoms with van der Waals surface area (Å²) in [7, 11) is -6.89. The second kappa shape index (κ2) is 3.37. The van der Waals surface area contributed by atoms with E-state index in [4.69, 9.17) is 0 Å². The van der Waals surface area contributed by atoms with Gasteiger partial charge in [-0.2, -0.15) is 0 Å². The van der Waals surface area contributed by atoms with Crippen molar-refractivity contribution in [3.63, 3.8) is 0 Å². The maximum atomic E-state index is 11.4. The summed E-state index contributed by atoms with van der Waals surface area (Å²) in [6.45, 7) is 0.343. The Morgan fingerprint density at radius 3 is 1.60 bits per heavy atom. The summed E-state index contributed by atoms with van der Waals surface area (Å²) < 4.78 is 22.5. The lowest BCUT2D eigenvalue weighted by Gasteiger charge is -2.42. The van der Waals surface area contributed by atoms with E-state index in [0.29, 0.717) is 13.0 Å². The fourth-order valence-corrected chi connectivity index (χ4v) is 6.23. The SMILES string of the molecule is C[N+]1(C)CCCC1(P(=O)(O)O)P(=O)(O)O. The van der Waals surface area contributed by atoms with E-state index < -0.39 is 20.2 Å². The predicted octanol–water partition coefficient (Wildman–Crippen LogP) is -0.134. The van der Waals surface area contributed by atoms with Gasteiger partial charge < -0.3 is 24.1 Å². The number of hydrogen-bond acceptors (Lipinski definition) is 2. The average Bonchev–Trinajstić information content (AvgIpc) is 2.21. The first-order valence-corrected chi connectivity index (χ1v) is 7.62. The Balaban J connectivity index is 3.47. The largest absolute Gasteiger partial charge is 0.398 e. The maximum absolute atomic E-state index is 11.4. The average molecular weight is 260 g/mol. The molecular weight excluding hydrogens is 244 g/mol. The minimum absolute atomic E-state index is 0.158. The molecule has 0 atom stereocenters. The van der Waals surface area contributed by atoms with Crippen LogP contribution in [0, 0.1) is 0 Å². The Kier molecular flexibility index (Phi) is 3.00. The van der Waals surface area contributed by atoms with E-state index in [9.17, 15) is 28.7 Å². The van der Waals surface area contributed by atoms with Crippen LogP contribution in [0.1, 0.15) is 12.8 Å². The van der Waals surface area contributed by atoms with E-state index in [-0.39, 0.29) is 10.9 Å². The van der Waals surface area contributed by atoms with Crippen LogP contribution in [0.4, 0.5) is 0 Å². The molecule has 0 amide bonds. The van der Waals surface area contributed by atoms with Crippen LogP contribution in [0.5, 0.6) is 0 Å². The molecule has 1 rings (SSSR count). The van der Waals surface area contributed by atoms with Crippen molar-refractivity contribution in [2.45, 2.75) is 17.9 Å². The summed E-state index contributed by atoms with van der Waals surface area (Å²) in [6.07, 6.45) is 0.234. The quantitative estimate of drug-likeness (QED) is 0.406. The first kappa shape index (κ1) is 13.3. The molecule has 9 heteroatoms. The van der Waals surface area contributed by atoms with Crippen LogP contribution in [-0.2, 0) is 9.13 Å². The van der Waals surface area contributed by atoms with E-state index in [1.165, 1.54) is 14.1 Å².